The van der Waals surface area contributed by atoms with Crippen molar-refractivity contribution in [1.29, 1.82) is 5.26 Å². The van der Waals surface area contributed by atoms with E-state index in [1.54, 1.807) is 4.90 Å². The quantitative estimate of drug-likeness (QED) is 0.677. The molecule has 6 nitrogen and oxygen atoms in total. The molecule has 6 heteroatoms. The predicted molar refractivity (Wildman–Crippen MR) is 70.8 cm³/mol. The molecule has 0 aromatic heterocycles. The van der Waals surface area contributed by atoms with Gasteiger partial charge in [-0.15, -0.1) is 0 Å². The fourth-order valence-corrected chi connectivity index (χ4v) is 1.75. The summed E-state index contributed by atoms with van der Waals surface area (Å²) in [4.78, 5) is 25.3. The Balaban J connectivity index is 2.40. The van der Waals surface area contributed by atoms with Crippen molar-refractivity contribution in [3.63, 3.8) is 0 Å². The SMILES string of the molecule is CC(C)[C@H](N)C(=O)NCC(=O)N(CCC#N)C1CC1. The van der Waals surface area contributed by atoms with Gasteiger partial charge in [0.2, 0.25) is 11.8 Å². The van der Waals surface area contributed by atoms with Gasteiger partial charge in [0.25, 0.3) is 0 Å². The Kier molecular flexibility index (Phi) is 5.77. The van der Waals surface area contributed by atoms with E-state index >= 15 is 0 Å². The highest BCUT2D eigenvalue weighted by atomic mass is 16.2. The van der Waals surface area contributed by atoms with Crippen molar-refractivity contribution in [3.8, 4) is 6.07 Å². The molecule has 0 aliphatic heterocycles. The number of hydrogen-bond acceptors (Lipinski definition) is 4. The van der Waals surface area contributed by atoms with Gasteiger partial charge in [-0.05, 0) is 18.8 Å². The molecule has 0 spiro atoms. The van der Waals surface area contributed by atoms with Crippen LogP contribution in [0.4, 0.5) is 0 Å². The Morgan fingerprint density at radius 1 is 1.47 bits per heavy atom. The van der Waals surface area contributed by atoms with E-state index in [-0.39, 0.29) is 30.3 Å². The molecular formula is C13H22N4O2. The number of nitrogens with one attached hydrogen (secondary N) is 1. The van der Waals surface area contributed by atoms with Gasteiger partial charge < -0.3 is 16.0 Å². The van der Waals surface area contributed by atoms with Gasteiger partial charge in [-0.25, -0.2) is 0 Å². The molecule has 0 bridgehead atoms. The molecule has 1 aliphatic carbocycles. The smallest absolute Gasteiger partial charge is 0.242 e. The lowest BCUT2D eigenvalue weighted by Crippen LogP contribution is -2.48. The standard InChI is InChI=1S/C13H22N4O2/c1-9(2)12(15)13(19)16-8-11(18)17(7-3-6-14)10-4-5-10/h9-10,12H,3-5,7-8,15H2,1-2H3,(H,16,19)/t12-/m0/s1. The highest BCUT2D eigenvalue weighted by Crippen LogP contribution is 2.26. The molecule has 0 radical (unpaired) electrons. The van der Waals surface area contributed by atoms with Crippen LogP contribution in [0, 0.1) is 17.2 Å². The van der Waals surface area contributed by atoms with Gasteiger partial charge in [0.05, 0.1) is 25.1 Å². The molecule has 106 valence electrons. The number of rotatable bonds is 7. The fourth-order valence-electron chi connectivity index (χ4n) is 1.75. The zero-order valence-electron chi connectivity index (χ0n) is 11.6. The first-order chi connectivity index (χ1) is 8.97. The normalized spacial score (nSPS) is 15.7. The Morgan fingerprint density at radius 3 is 2.58 bits per heavy atom. The summed E-state index contributed by atoms with van der Waals surface area (Å²) in [7, 11) is 0. The minimum absolute atomic E-state index is 0.0354. The lowest BCUT2D eigenvalue weighted by molar-refractivity contribution is -0.133. The summed E-state index contributed by atoms with van der Waals surface area (Å²) in [6.45, 7) is 4.11. The van der Waals surface area contributed by atoms with E-state index in [0.717, 1.165) is 12.8 Å². The van der Waals surface area contributed by atoms with Crippen LogP contribution in [-0.4, -0.2) is 41.9 Å². The van der Waals surface area contributed by atoms with Crippen LogP contribution in [0.1, 0.15) is 33.1 Å². The van der Waals surface area contributed by atoms with Crippen molar-refractivity contribution in [2.75, 3.05) is 13.1 Å². The van der Waals surface area contributed by atoms with Gasteiger partial charge in [-0.2, -0.15) is 5.26 Å². The molecule has 1 fully saturated rings. The minimum Gasteiger partial charge on any atom is -0.346 e. The van der Waals surface area contributed by atoms with E-state index in [2.05, 4.69) is 5.32 Å². The van der Waals surface area contributed by atoms with Crippen molar-refractivity contribution in [3.05, 3.63) is 0 Å². The Morgan fingerprint density at radius 2 is 2.11 bits per heavy atom. The second kappa shape index (κ2) is 7.10. The third-order valence-electron chi connectivity index (χ3n) is 3.21. The van der Waals surface area contributed by atoms with Crippen molar-refractivity contribution in [2.45, 2.75) is 45.2 Å². The average Bonchev–Trinajstić information content (AvgIpc) is 3.19. The van der Waals surface area contributed by atoms with Crippen molar-refractivity contribution >= 4 is 11.8 Å². The van der Waals surface area contributed by atoms with Crippen LogP contribution in [-0.2, 0) is 9.59 Å². The van der Waals surface area contributed by atoms with Crippen LogP contribution in [0.15, 0.2) is 0 Å². The maximum absolute atomic E-state index is 12.0. The summed E-state index contributed by atoms with van der Waals surface area (Å²) in [5.41, 5.74) is 5.69. The first-order valence-electron chi connectivity index (χ1n) is 6.67. The van der Waals surface area contributed by atoms with Crippen LogP contribution in [0.2, 0.25) is 0 Å². The summed E-state index contributed by atoms with van der Waals surface area (Å²) in [5.74, 6) is -0.408. The van der Waals surface area contributed by atoms with Crippen LogP contribution in [0.5, 0.6) is 0 Å². The number of carbonyl (C=O) groups excluding carboxylic acids is 2. The molecule has 3 N–H and O–H groups in total. The van der Waals surface area contributed by atoms with Gasteiger partial charge in [0, 0.05) is 12.6 Å². The van der Waals surface area contributed by atoms with E-state index in [4.69, 9.17) is 11.0 Å². The molecule has 0 heterocycles. The number of nitriles is 1. The minimum atomic E-state index is -0.596. The Hall–Kier alpha value is -1.61. The number of amides is 2. The monoisotopic (exact) mass is 266 g/mol. The summed E-state index contributed by atoms with van der Waals surface area (Å²) >= 11 is 0. The van der Waals surface area contributed by atoms with Gasteiger partial charge in [0.15, 0.2) is 0 Å². The molecule has 1 saturated carbocycles. The molecule has 2 amide bonds. The summed E-state index contributed by atoms with van der Waals surface area (Å²) < 4.78 is 0. The van der Waals surface area contributed by atoms with E-state index < -0.39 is 6.04 Å². The van der Waals surface area contributed by atoms with Crippen LogP contribution >= 0.6 is 0 Å². The number of hydrogen-bond donors (Lipinski definition) is 2. The van der Waals surface area contributed by atoms with Gasteiger partial charge in [0.1, 0.15) is 0 Å². The average molecular weight is 266 g/mol. The van der Waals surface area contributed by atoms with Gasteiger partial charge >= 0.3 is 0 Å². The Labute approximate surface area is 113 Å². The topological polar surface area (TPSA) is 99.2 Å². The molecule has 1 atom stereocenters. The zero-order chi connectivity index (χ0) is 14.4. The first kappa shape index (κ1) is 15.4. The molecule has 0 saturated heterocycles. The molecule has 0 unspecified atom stereocenters. The fraction of sp³-hybridized carbons (Fsp3) is 0.769. The van der Waals surface area contributed by atoms with Crippen molar-refractivity contribution < 1.29 is 9.59 Å². The lowest BCUT2D eigenvalue weighted by Gasteiger charge is -2.22. The summed E-state index contributed by atoms with van der Waals surface area (Å²) in [6, 6.07) is 1.68. The van der Waals surface area contributed by atoms with E-state index in [1.165, 1.54) is 0 Å². The molecular weight excluding hydrogens is 244 g/mol. The maximum atomic E-state index is 12.0. The summed E-state index contributed by atoms with van der Waals surface area (Å²) in [6.07, 6.45) is 2.29. The predicted octanol–water partition coefficient (Wildman–Crippen LogP) is -0.00942. The van der Waals surface area contributed by atoms with Crippen LogP contribution in [0.25, 0.3) is 0 Å². The van der Waals surface area contributed by atoms with E-state index in [9.17, 15) is 9.59 Å². The Bertz CT molecular complexity index is 371. The number of nitrogens with two attached hydrogens (primary N) is 1. The molecule has 1 rings (SSSR count). The number of nitrogens with zero attached hydrogens (tertiary/aromatic N) is 2. The van der Waals surface area contributed by atoms with E-state index in [0.29, 0.717) is 13.0 Å². The second-order valence-corrected chi connectivity index (χ2v) is 5.21. The molecule has 19 heavy (non-hydrogen) atoms. The van der Waals surface area contributed by atoms with Gasteiger partial charge in [-0.3, -0.25) is 9.59 Å². The third-order valence-corrected chi connectivity index (χ3v) is 3.21. The molecule has 0 aromatic rings. The largest absolute Gasteiger partial charge is 0.346 e. The van der Waals surface area contributed by atoms with Crippen molar-refractivity contribution in [1.82, 2.24) is 10.2 Å². The van der Waals surface area contributed by atoms with E-state index in [1.807, 2.05) is 19.9 Å². The number of carbonyl (C=O) groups is 2. The van der Waals surface area contributed by atoms with Crippen molar-refractivity contribution in [2.24, 2.45) is 11.7 Å². The summed E-state index contributed by atoms with van der Waals surface area (Å²) in [5, 5.41) is 11.1. The zero-order valence-corrected chi connectivity index (χ0v) is 11.6. The molecule has 1 aliphatic rings. The molecule has 0 aromatic carbocycles. The first-order valence-corrected chi connectivity index (χ1v) is 6.67. The van der Waals surface area contributed by atoms with Crippen LogP contribution in [0.3, 0.4) is 0 Å². The second-order valence-electron chi connectivity index (χ2n) is 5.21. The third kappa shape index (κ3) is 4.87. The van der Waals surface area contributed by atoms with Crippen LogP contribution < -0.4 is 11.1 Å². The highest BCUT2D eigenvalue weighted by molar-refractivity contribution is 5.87. The lowest BCUT2D eigenvalue weighted by atomic mass is 10.1. The highest BCUT2D eigenvalue weighted by Gasteiger charge is 2.32. The maximum Gasteiger partial charge on any atom is 0.242 e. The van der Waals surface area contributed by atoms with Gasteiger partial charge in [-0.1, -0.05) is 13.8 Å².